The molecule has 0 aliphatic heterocycles. The van der Waals surface area contributed by atoms with Gasteiger partial charge in [-0.25, -0.2) is 9.97 Å². The normalized spacial score (nSPS) is 11.4. The molecule has 0 atom stereocenters. The number of pyridine rings is 2. The third kappa shape index (κ3) is 4.28. The lowest BCUT2D eigenvalue weighted by Gasteiger charge is -2.10. The monoisotopic (exact) mass is 364 g/mol. The lowest BCUT2D eigenvalue weighted by molar-refractivity contribution is -0.137. The molecule has 2 heterocycles. The van der Waals surface area contributed by atoms with E-state index in [4.69, 9.17) is 16.3 Å². The number of aromatic nitrogens is 2. The molecule has 3 rings (SSSR count). The average molecular weight is 365 g/mol. The fourth-order valence-corrected chi connectivity index (χ4v) is 2.40. The van der Waals surface area contributed by atoms with E-state index < -0.39 is 11.7 Å². The van der Waals surface area contributed by atoms with Crippen molar-refractivity contribution in [2.45, 2.75) is 13.1 Å². The topological polar surface area (TPSA) is 35.0 Å². The molecule has 3 nitrogen and oxygen atoms in total. The van der Waals surface area contributed by atoms with E-state index in [1.807, 2.05) is 6.92 Å². The lowest BCUT2D eigenvalue weighted by Crippen LogP contribution is -2.04. The maximum atomic E-state index is 12.7. The maximum Gasteiger partial charge on any atom is 0.416 e. The smallest absolute Gasteiger partial charge is 0.416 e. The Hall–Kier alpha value is -2.60. The molecule has 0 N–H and O–H groups in total. The second-order valence-corrected chi connectivity index (χ2v) is 5.75. The summed E-state index contributed by atoms with van der Waals surface area (Å²) >= 11 is 5.82. The summed E-state index contributed by atoms with van der Waals surface area (Å²) in [6, 6.07) is 11.5. The second kappa shape index (κ2) is 6.72. The molecule has 0 saturated heterocycles. The van der Waals surface area contributed by atoms with Crippen molar-refractivity contribution >= 4 is 11.6 Å². The Balaban J connectivity index is 1.91. The van der Waals surface area contributed by atoms with Gasteiger partial charge in [-0.3, -0.25) is 0 Å². The summed E-state index contributed by atoms with van der Waals surface area (Å²) in [5.74, 6) is 0.786. The minimum absolute atomic E-state index is 0.285. The van der Waals surface area contributed by atoms with Gasteiger partial charge in [-0.1, -0.05) is 23.7 Å². The Morgan fingerprint density at radius 2 is 1.72 bits per heavy atom. The largest absolute Gasteiger partial charge is 0.439 e. The molecule has 0 aliphatic carbocycles. The number of halogens is 4. The first kappa shape index (κ1) is 17.2. The van der Waals surface area contributed by atoms with Gasteiger partial charge < -0.3 is 4.74 Å². The number of aryl methyl sites for hydroxylation is 1. The molecule has 25 heavy (non-hydrogen) atoms. The van der Waals surface area contributed by atoms with E-state index in [-0.39, 0.29) is 5.15 Å². The van der Waals surface area contributed by atoms with Crippen LogP contribution in [0.2, 0.25) is 5.15 Å². The molecule has 7 heteroatoms. The van der Waals surface area contributed by atoms with Crippen molar-refractivity contribution in [2.75, 3.05) is 0 Å². The fourth-order valence-electron chi connectivity index (χ4n) is 2.23. The Kier molecular flexibility index (Phi) is 4.63. The van der Waals surface area contributed by atoms with Gasteiger partial charge in [-0.15, -0.1) is 0 Å². The van der Waals surface area contributed by atoms with Gasteiger partial charge in [0.05, 0.1) is 11.3 Å². The molecule has 1 aromatic carbocycles. The maximum absolute atomic E-state index is 12.7. The van der Waals surface area contributed by atoms with Crippen molar-refractivity contribution in [3.8, 4) is 22.9 Å². The van der Waals surface area contributed by atoms with Crippen molar-refractivity contribution < 1.29 is 17.9 Å². The number of nitrogens with zero attached hydrogens (tertiary/aromatic N) is 2. The van der Waals surface area contributed by atoms with Gasteiger partial charge in [0.25, 0.3) is 0 Å². The van der Waals surface area contributed by atoms with Crippen LogP contribution in [0, 0.1) is 6.92 Å². The van der Waals surface area contributed by atoms with Crippen LogP contribution in [0.4, 0.5) is 13.2 Å². The number of benzene rings is 1. The van der Waals surface area contributed by atoms with E-state index in [1.165, 1.54) is 18.3 Å². The summed E-state index contributed by atoms with van der Waals surface area (Å²) in [6.07, 6.45) is -2.86. The Labute approximate surface area is 147 Å². The first-order chi connectivity index (χ1) is 11.8. The van der Waals surface area contributed by atoms with E-state index >= 15 is 0 Å². The first-order valence-electron chi connectivity index (χ1n) is 7.27. The van der Waals surface area contributed by atoms with Gasteiger partial charge in [-0.05, 0) is 36.8 Å². The molecule has 2 aromatic heterocycles. The summed E-state index contributed by atoms with van der Waals surface area (Å²) in [5.41, 5.74) is 1.24. The minimum Gasteiger partial charge on any atom is -0.439 e. The predicted molar refractivity (Wildman–Crippen MR) is 88.7 cm³/mol. The van der Waals surface area contributed by atoms with Crippen molar-refractivity contribution in [1.29, 1.82) is 0 Å². The summed E-state index contributed by atoms with van der Waals surface area (Å²) in [7, 11) is 0. The van der Waals surface area contributed by atoms with Crippen LogP contribution in [0.15, 0.2) is 54.7 Å². The summed E-state index contributed by atoms with van der Waals surface area (Å²) in [6.45, 7) is 1.85. The molecule has 0 amide bonds. The van der Waals surface area contributed by atoms with Crippen molar-refractivity contribution in [2.24, 2.45) is 0 Å². The van der Waals surface area contributed by atoms with Crippen LogP contribution >= 0.6 is 11.6 Å². The van der Waals surface area contributed by atoms with Gasteiger partial charge in [0, 0.05) is 23.9 Å². The minimum atomic E-state index is -4.37. The molecule has 0 unspecified atom stereocenters. The Bertz CT molecular complexity index is 896. The Morgan fingerprint density at radius 3 is 2.36 bits per heavy atom. The number of rotatable bonds is 3. The van der Waals surface area contributed by atoms with Crippen LogP contribution in [0.1, 0.15) is 11.1 Å². The van der Waals surface area contributed by atoms with Gasteiger partial charge >= 0.3 is 6.18 Å². The van der Waals surface area contributed by atoms with Crippen LogP contribution in [0.5, 0.6) is 11.6 Å². The van der Waals surface area contributed by atoms with Crippen molar-refractivity contribution in [3.05, 3.63) is 71.0 Å². The molecule has 0 fully saturated rings. The number of hydrogen-bond donors (Lipinski definition) is 0. The third-order valence-electron chi connectivity index (χ3n) is 3.37. The zero-order valence-electron chi connectivity index (χ0n) is 13.0. The highest BCUT2D eigenvalue weighted by molar-refractivity contribution is 6.29. The van der Waals surface area contributed by atoms with Crippen LogP contribution < -0.4 is 4.74 Å². The molecule has 128 valence electrons. The molecule has 0 radical (unpaired) electrons. The third-order valence-corrected chi connectivity index (χ3v) is 3.58. The molecule has 3 aromatic rings. The number of ether oxygens (including phenoxy) is 1. The fraction of sp³-hybridized carbons (Fsp3) is 0.111. The van der Waals surface area contributed by atoms with Gasteiger partial charge in [0.15, 0.2) is 0 Å². The average Bonchev–Trinajstić information content (AvgIpc) is 2.53. The highest BCUT2D eigenvalue weighted by atomic mass is 35.5. The number of hydrogen-bond acceptors (Lipinski definition) is 3. The van der Waals surface area contributed by atoms with Gasteiger partial charge in [-0.2, -0.15) is 13.2 Å². The molecular formula is C18H12ClF3N2O. The van der Waals surface area contributed by atoms with Gasteiger partial charge in [0.1, 0.15) is 10.9 Å². The lowest BCUT2D eigenvalue weighted by atomic mass is 10.1. The van der Waals surface area contributed by atoms with E-state index in [0.29, 0.717) is 22.9 Å². The SMILES string of the molecule is Cc1cc(Oc2ccnc(Cl)c2)nc(-c2ccc(C(F)(F)F)cc2)c1. The molecule has 0 saturated carbocycles. The van der Waals surface area contributed by atoms with Crippen LogP contribution in [-0.4, -0.2) is 9.97 Å². The van der Waals surface area contributed by atoms with Crippen LogP contribution in [-0.2, 0) is 6.18 Å². The highest BCUT2D eigenvalue weighted by Crippen LogP contribution is 2.31. The standard InChI is InChI=1S/C18H12ClF3N2O/c1-11-8-15(12-2-4-13(5-3-12)18(20,21)22)24-17(9-11)25-14-6-7-23-16(19)10-14/h2-10H,1H3. The van der Waals surface area contributed by atoms with Crippen LogP contribution in [0.25, 0.3) is 11.3 Å². The molecule has 0 spiro atoms. The van der Waals surface area contributed by atoms with Crippen molar-refractivity contribution in [1.82, 2.24) is 9.97 Å². The van der Waals surface area contributed by atoms with Gasteiger partial charge in [0.2, 0.25) is 5.88 Å². The Morgan fingerprint density at radius 1 is 1.00 bits per heavy atom. The van der Waals surface area contributed by atoms with Crippen LogP contribution in [0.3, 0.4) is 0 Å². The molecular weight excluding hydrogens is 353 g/mol. The highest BCUT2D eigenvalue weighted by Gasteiger charge is 2.30. The first-order valence-corrected chi connectivity index (χ1v) is 7.65. The van der Waals surface area contributed by atoms with E-state index in [0.717, 1.165) is 17.7 Å². The summed E-state index contributed by atoms with van der Waals surface area (Å²) in [4.78, 5) is 8.22. The van der Waals surface area contributed by atoms with Crippen molar-refractivity contribution in [3.63, 3.8) is 0 Å². The molecule has 0 aliphatic rings. The summed E-state index contributed by atoms with van der Waals surface area (Å²) in [5, 5.41) is 0.285. The zero-order chi connectivity index (χ0) is 18.0. The number of alkyl halides is 3. The zero-order valence-corrected chi connectivity index (χ0v) is 13.8. The molecule has 0 bridgehead atoms. The van der Waals surface area contributed by atoms with E-state index in [9.17, 15) is 13.2 Å². The predicted octanol–water partition coefficient (Wildman–Crippen LogP) is 5.92. The van der Waals surface area contributed by atoms with E-state index in [2.05, 4.69) is 9.97 Å². The second-order valence-electron chi connectivity index (χ2n) is 5.36. The summed E-state index contributed by atoms with van der Waals surface area (Å²) < 4.78 is 43.7. The van der Waals surface area contributed by atoms with E-state index in [1.54, 1.807) is 24.3 Å². The quantitative estimate of drug-likeness (QED) is 0.541.